The topological polar surface area (TPSA) is 41.1 Å². The molecule has 0 saturated carbocycles. The van der Waals surface area contributed by atoms with Gasteiger partial charge in [-0.05, 0) is 39.2 Å². The van der Waals surface area contributed by atoms with Gasteiger partial charge < -0.3 is 5.32 Å². The molecule has 0 aliphatic carbocycles. The standard InChI is InChI=1S/C14H22N4/c1-10-14(17-7-6-15-10)11(2)18-8-12-4-3-5-16-13(12)9-18/h6-7,11-13,16H,3-5,8-9H2,1-2H3. The fraction of sp³-hybridized carbons (Fsp3) is 0.714. The number of hydrogen-bond donors (Lipinski definition) is 1. The van der Waals surface area contributed by atoms with Gasteiger partial charge in [0.2, 0.25) is 0 Å². The van der Waals surface area contributed by atoms with E-state index in [1.807, 2.05) is 0 Å². The van der Waals surface area contributed by atoms with Gasteiger partial charge in [-0.25, -0.2) is 0 Å². The van der Waals surface area contributed by atoms with E-state index in [1.54, 1.807) is 12.4 Å². The summed E-state index contributed by atoms with van der Waals surface area (Å²) in [5, 5.41) is 3.65. The molecule has 2 fully saturated rings. The normalized spacial score (nSPS) is 30.1. The van der Waals surface area contributed by atoms with E-state index in [9.17, 15) is 0 Å². The first-order valence-electron chi connectivity index (χ1n) is 7.00. The van der Waals surface area contributed by atoms with Crippen molar-refractivity contribution in [1.82, 2.24) is 20.2 Å². The summed E-state index contributed by atoms with van der Waals surface area (Å²) in [5.41, 5.74) is 2.20. The molecule has 2 aliphatic rings. The maximum atomic E-state index is 4.52. The van der Waals surface area contributed by atoms with Crippen LogP contribution in [-0.2, 0) is 0 Å². The maximum Gasteiger partial charge on any atom is 0.0784 e. The van der Waals surface area contributed by atoms with Gasteiger partial charge in [-0.2, -0.15) is 0 Å². The predicted molar refractivity (Wildman–Crippen MR) is 71.3 cm³/mol. The predicted octanol–water partition coefficient (Wildman–Crippen LogP) is 1.53. The molecule has 2 saturated heterocycles. The van der Waals surface area contributed by atoms with Crippen LogP contribution in [0.4, 0.5) is 0 Å². The van der Waals surface area contributed by atoms with Gasteiger partial charge in [0.15, 0.2) is 0 Å². The van der Waals surface area contributed by atoms with Crippen LogP contribution in [0.5, 0.6) is 0 Å². The largest absolute Gasteiger partial charge is 0.312 e. The van der Waals surface area contributed by atoms with Crippen molar-refractivity contribution >= 4 is 0 Å². The van der Waals surface area contributed by atoms with Crippen LogP contribution in [0, 0.1) is 12.8 Å². The van der Waals surface area contributed by atoms with Crippen LogP contribution in [0.1, 0.15) is 37.2 Å². The molecule has 0 radical (unpaired) electrons. The molecule has 3 unspecified atom stereocenters. The number of piperidine rings is 1. The van der Waals surface area contributed by atoms with Crippen molar-refractivity contribution < 1.29 is 0 Å². The Kier molecular flexibility index (Phi) is 3.31. The number of nitrogens with one attached hydrogen (secondary N) is 1. The number of fused-ring (bicyclic) bond motifs is 1. The minimum atomic E-state index is 0.381. The monoisotopic (exact) mass is 246 g/mol. The third kappa shape index (κ3) is 2.15. The third-order valence-corrected chi connectivity index (χ3v) is 4.49. The Hall–Kier alpha value is -1.00. The lowest BCUT2D eigenvalue weighted by Crippen LogP contribution is -2.40. The molecule has 1 aromatic heterocycles. The van der Waals surface area contributed by atoms with Crippen LogP contribution < -0.4 is 5.32 Å². The molecule has 3 heterocycles. The molecule has 4 heteroatoms. The number of rotatable bonds is 2. The number of nitrogens with zero attached hydrogens (tertiary/aromatic N) is 3. The second kappa shape index (κ2) is 4.94. The van der Waals surface area contributed by atoms with Crippen molar-refractivity contribution in [1.29, 1.82) is 0 Å². The molecule has 98 valence electrons. The van der Waals surface area contributed by atoms with Crippen molar-refractivity contribution in [2.75, 3.05) is 19.6 Å². The van der Waals surface area contributed by atoms with E-state index in [0.717, 1.165) is 23.9 Å². The summed E-state index contributed by atoms with van der Waals surface area (Å²) in [7, 11) is 0. The average molecular weight is 246 g/mol. The van der Waals surface area contributed by atoms with Gasteiger partial charge in [-0.15, -0.1) is 0 Å². The van der Waals surface area contributed by atoms with Crippen LogP contribution in [0.2, 0.25) is 0 Å². The van der Waals surface area contributed by atoms with E-state index >= 15 is 0 Å². The van der Waals surface area contributed by atoms with Gasteiger partial charge in [0.1, 0.15) is 0 Å². The molecule has 2 aliphatic heterocycles. The highest BCUT2D eigenvalue weighted by molar-refractivity contribution is 5.13. The summed E-state index contributed by atoms with van der Waals surface area (Å²) in [5.74, 6) is 0.832. The van der Waals surface area contributed by atoms with Gasteiger partial charge in [-0.3, -0.25) is 14.9 Å². The van der Waals surface area contributed by atoms with Crippen LogP contribution >= 0.6 is 0 Å². The summed E-state index contributed by atoms with van der Waals surface area (Å²) >= 11 is 0. The van der Waals surface area contributed by atoms with E-state index in [2.05, 4.69) is 34.0 Å². The van der Waals surface area contributed by atoms with E-state index in [4.69, 9.17) is 0 Å². The Balaban J connectivity index is 1.74. The molecular formula is C14H22N4. The molecule has 0 bridgehead atoms. The quantitative estimate of drug-likeness (QED) is 0.859. The molecule has 3 rings (SSSR count). The lowest BCUT2D eigenvalue weighted by molar-refractivity contribution is 0.245. The average Bonchev–Trinajstić information content (AvgIpc) is 2.82. The van der Waals surface area contributed by atoms with Gasteiger partial charge in [0, 0.05) is 31.5 Å². The molecule has 3 atom stereocenters. The molecular weight excluding hydrogens is 224 g/mol. The minimum Gasteiger partial charge on any atom is -0.312 e. The number of hydrogen-bond acceptors (Lipinski definition) is 4. The van der Waals surface area contributed by atoms with E-state index in [1.165, 1.54) is 25.9 Å². The first kappa shape index (κ1) is 12.1. The Morgan fingerprint density at radius 2 is 2.17 bits per heavy atom. The summed E-state index contributed by atoms with van der Waals surface area (Å²) < 4.78 is 0. The van der Waals surface area contributed by atoms with Crippen LogP contribution in [0.25, 0.3) is 0 Å². The van der Waals surface area contributed by atoms with Crippen molar-refractivity contribution in [3.05, 3.63) is 23.8 Å². The SMILES string of the molecule is Cc1nccnc1C(C)N1CC2CCCNC2C1. The smallest absolute Gasteiger partial charge is 0.0784 e. The van der Waals surface area contributed by atoms with Crippen molar-refractivity contribution in [2.45, 2.75) is 38.8 Å². The molecule has 1 N–H and O–H groups in total. The Morgan fingerprint density at radius 3 is 2.94 bits per heavy atom. The molecule has 0 amide bonds. The zero-order chi connectivity index (χ0) is 12.5. The van der Waals surface area contributed by atoms with Crippen LogP contribution in [0.15, 0.2) is 12.4 Å². The highest BCUT2D eigenvalue weighted by atomic mass is 15.2. The fourth-order valence-corrected chi connectivity index (χ4v) is 3.40. The highest BCUT2D eigenvalue weighted by Crippen LogP contribution is 2.31. The van der Waals surface area contributed by atoms with Gasteiger partial charge in [-0.1, -0.05) is 0 Å². The molecule has 0 aromatic carbocycles. The summed E-state index contributed by atoms with van der Waals surface area (Å²) in [6, 6.07) is 1.07. The van der Waals surface area contributed by atoms with E-state index in [-0.39, 0.29) is 0 Å². The van der Waals surface area contributed by atoms with Gasteiger partial charge >= 0.3 is 0 Å². The van der Waals surface area contributed by atoms with Crippen LogP contribution in [-0.4, -0.2) is 40.5 Å². The fourth-order valence-electron chi connectivity index (χ4n) is 3.40. The summed E-state index contributed by atoms with van der Waals surface area (Å²) in [6.45, 7) is 7.86. The second-order valence-corrected chi connectivity index (χ2v) is 5.62. The molecule has 1 aromatic rings. The zero-order valence-corrected chi connectivity index (χ0v) is 11.3. The number of aryl methyl sites for hydroxylation is 1. The molecule has 18 heavy (non-hydrogen) atoms. The number of likely N-dealkylation sites (tertiary alicyclic amines) is 1. The van der Waals surface area contributed by atoms with Crippen molar-refractivity contribution in [2.24, 2.45) is 5.92 Å². The van der Waals surface area contributed by atoms with Crippen molar-refractivity contribution in [3.63, 3.8) is 0 Å². The molecule has 4 nitrogen and oxygen atoms in total. The lowest BCUT2D eigenvalue weighted by Gasteiger charge is -2.25. The number of aromatic nitrogens is 2. The second-order valence-electron chi connectivity index (χ2n) is 5.62. The Bertz CT molecular complexity index is 406. The summed E-state index contributed by atoms with van der Waals surface area (Å²) in [6.07, 6.45) is 6.28. The molecule has 0 spiro atoms. The highest BCUT2D eigenvalue weighted by Gasteiger charge is 2.36. The third-order valence-electron chi connectivity index (χ3n) is 4.49. The minimum absolute atomic E-state index is 0.381. The van der Waals surface area contributed by atoms with Gasteiger partial charge in [0.05, 0.1) is 17.4 Å². The Morgan fingerprint density at radius 1 is 1.33 bits per heavy atom. The van der Waals surface area contributed by atoms with Crippen molar-refractivity contribution in [3.8, 4) is 0 Å². The van der Waals surface area contributed by atoms with E-state index < -0.39 is 0 Å². The van der Waals surface area contributed by atoms with E-state index in [0.29, 0.717) is 12.1 Å². The Labute approximate surface area is 109 Å². The zero-order valence-electron chi connectivity index (χ0n) is 11.3. The first-order chi connectivity index (χ1) is 8.75. The summed E-state index contributed by atoms with van der Waals surface area (Å²) in [4.78, 5) is 11.4. The lowest BCUT2D eigenvalue weighted by atomic mass is 9.94. The first-order valence-corrected chi connectivity index (χ1v) is 7.00. The van der Waals surface area contributed by atoms with Crippen LogP contribution in [0.3, 0.4) is 0 Å². The van der Waals surface area contributed by atoms with Gasteiger partial charge in [0.25, 0.3) is 0 Å². The maximum absolute atomic E-state index is 4.52.